The highest BCUT2D eigenvalue weighted by molar-refractivity contribution is 5.99. The van der Waals surface area contributed by atoms with E-state index < -0.39 is 0 Å². The van der Waals surface area contributed by atoms with Crippen molar-refractivity contribution < 1.29 is 14.3 Å². The molecule has 2 heterocycles. The first-order chi connectivity index (χ1) is 10.2. The summed E-state index contributed by atoms with van der Waals surface area (Å²) in [5, 5.41) is 0. The van der Waals surface area contributed by atoms with Crippen molar-refractivity contribution in [2.75, 3.05) is 36.5 Å². The first-order valence-electron chi connectivity index (χ1n) is 7.42. The van der Waals surface area contributed by atoms with Crippen LogP contribution in [0.25, 0.3) is 0 Å². The molecule has 1 amide bonds. The van der Waals surface area contributed by atoms with E-state index in [2.05, 4.69) is 11.0 Å². The van der Waals surface area contributed by atoms with E-state index >= 15 is 0 Å². The summed E-state index contributed by atoms with van der Waals surface area (Å²) in [6.07, 6.45) is 2.68. The number of carbonyl (C=O) groups excluding carboxylic acids is 2. The Labute approximate surface area is 124 Å². The van der Waals surface area contributed by atoms with E-state index in [4.69, 9.17) is 4.74 Å². The smallest absolute Gasteiger partial charge is 0.311 e. The molecule has 112 valence electrons. The van der Waals surface area contributed by atoms with Gasteiger partial charge in [0.05, 0.1) is 13.0 Å². The second-order valence-electron chi connectivity index (χ2n) is 5.64. The lowest BCUT2D eigenvalue weighted by Gasteiger charge is -2.21. The molecule has 0 N–H and O–H groups in total. The molecule has 0 aliphatic carbocycles. The summed E-state index contributed by atoms with van der Waals surface area (Å²) in [6, 6.07) is 8.02. The molecule has 0 radical (unpaired) electrons. The fraction of sp³-hybridized carbons (Fsp3) is 0.500. The van der Waals surface area contributed by atoms with Crippen LogP contribution in [-0.2, 0) is 14.3 Å². The third-order valence-corrected chi connectivity index (χ3v) is 4.27. The van der Waals surface area contributed by atoms with Crippen LogP contribution in [0.3, 0.4) is 0 Å². The number of carbonyl (C=O) groups is 2. The largest absolute Gasteiger partial charge is 0.469 e. The number of rotatable bonds is 3. The maximum atomic E-state index is 12.1. The SMILES string of the molecule is COC(=O)[C@@H]1CC(=O)N(c2cccc(N3CCCC3)c2)C1. The molecule has 2 aliphatic rings. The minimum absolute atomic E-state index is 0.0102. The van der Waals surface area contributed by atoms with E-state index in [1.807, 2.05) is 18.2 Å². The maximum absolute atomic E-state index is 12.1. The highest BCUT2D eigenvalue weighted by atomic mass is 16.5. The zero-order valence-electron chi connectivity index (χ0n) is 12.2. The summed E-state index contributed by atoms with van der Waals surface area (Å²) in [6.45, 7) is 2.55. The van der Waals surface area contributed by atoms with E-state index in [9.17, 15) is 9.59 Å². The topological polar surface area (TPSA) is 49.9 Å². The highest BCUT2D eigenvalue weighted by Crippen LogP contribution is 2.30. The van der Waals surface area contributed by atoms with Crippen molar-refractivity contribution in [3.63, 3.8) is 0 Å². The monoisotopic (exact) mass is 288 g/mol. The van der Waals surface area contributed by atoms with Crippen LogP contribution in [0.1, 0.15) is 19.3 Å². The third-order valence-electron chi connectivity index (χ3n) is 4.27. The molecular formula is C16H20N2O3. The summed E-state index contributed by atoms with van der Waals surface area (Å²) in [4.78, 5) is 27.8. The molecule has 0 bridgehead atoms. The highest BCUT2D eigenvalue weighted by Gasteiger charge is 2.35. The van der Waals surface area contributed by atoms with Gasteiger partial charge in [0.2, 0.25) is 5.91 Å². The number of amides is 1. The molecule has 1 atom stereocenters. The van der Waals surface area contributed by atoms with Crippen molar-refractivity contribution in [1.29, 1.82) is 0 Å². The van der Waals surface area contributed by atoms with Crippen molar-refractivity contribution in [3.8, 4) is 0 Å². The summed E-state index contributed by atoms with van der Waals surface area (Å²) >= 11 is 0. The Balaban J connectivity index is 1.79. The van der Waals surface area contributed by atoms with Crippen molar-refractivity contribution in [3.05, 3.63) is 24.3 Å². The second kappa shape index (κ2) is 5.76. The number of nitrogens with zero attached hydrogens (tertiary/aromatic N) is 2. The van der Waals surface area contributed by atoms with Gasteiger partial charge in [-0.1, -0.05) is 6.07 Å². The Hall–Kier alpha value is -2.04. The summed E-state index contributed by atoms with van der Waals surface area (Å²) in [5.74, 6) is -0.663. The van der Waals surface area contributed by atoms with Gasteiger partial charge in [-0.05, 0) is 31.0 Å². The molecule has 0 saturated carbocycles. The lowest BCUT2D eigenvalue weighted by atomic mass is 10.1. The molecular weight excluding hydrogens is 268 g/mol. The lowest BCUT2D eigenvalue weighted by Crippen LogP contribution is -2.26. The molecule has 2 aliphatic heterocycles. The van der Waals surface area contributed by atoms with Gasteiger partial charge in [-0.3, -0.25) is 9.59 Å². The predicted octanol–water partition coefficient (Wildman–Crippen LogP) is 1.81. The van der Waals surface area contributed by atoms with Gasteiger partial charge in [0.25, 0.3) is 0 Å². The molecule has 1 aromatic rings. The van der Waals surface area contributed by atoms with Crippen molar-refractivity contribution in [2.24, 2.45) is 5.92 Å². The molecule has 5 heteroatoms. The average Bonchev–Trinajstić information content (AvgIpc) is 3.16. The van der Waals surface area contributed by atoms with Crippen LogP contribution in [0.2, 0.25) is 0 Å². The minimum atomic E-state index is -0.349. The van der Waals surface area contributed by atoms with Crippen LogP contribution in [0, 0.1) is 5.92 Å². The van der Waals surface area contributed by atoms with Gasteiger partial charge in [0, 0.05) is 37.4 Å². The number of anilines is 2. The van der Waals surface area contributed by atoms with Gasteiger partial charge in [-0.15, -0.1) is 0 Å². The van der Waals surface area contributed by atoms with Crippen LogP contribution >= 0.6 is 0 Å². The Morgan fingerprint density at radius 3 is 2.67 bits per heavy atom. The lowest BCUT2D eigenvalue weighted by molar-refractivity contribution is -0.145. The Morgan fingerprint density at radius 2 is 1.95 bits per heavy atom. The first-order valence-corrected chi connectivity index (χ1v) is 7.42. The summed E-state index contributed by atoms with van der Waals surface area (Å²) < 4.78 is 4.75. The molecule has 0 spiro atoms. The zero-order valence-corrected chi connectivity index (χ0v) is 12.2. The van der Waals surface area contributed by atoms with Gasteiger partial charge < -0.3 is 14.5 Å². The molecule has 21 heavy (non-hydrogen) atoms. The van der Waals surface area contributed by atoms with E-state index in [1.165, 1.54) is 20.0 Å². The average molecular weight is 288 g/mol. The van der Waals surface area contributed by atoms with Crippen molar-refractivity contribution in [2.45, 2.75) is 19.3 Å². The normalized spacial score (nSPS) is 22.0. The molecule has 3 rings (SSSR count). The van der Waals surface area contributed by atoms with Crippen LogP contribution in [0.4, 0.5) is 11.4 Å². The van der Waals surface area contributed by atoms with Gasteiger partial charge in [-0.2, -0.15) is 0 Å². The molecule has 2 fully saturated rings. The minimum Gasteiger partial charge on any atom is -0.469 e. The first kappa shape index (κ1) is 13.9. The number of methoxy groups -OCH3 is 1. The number of ether oxygens (including phenoxy) is 1. The van der Waals surface area contributed by atoms with Gasteiger partial charge >= 0.3 is 5.97 Å². The fourth-order valence-electron chi connectivity index (χ4n) is 3.11. The number of hydrogen-bond acceptors (Lipinski definition) is 4. The van der Waals surface area contributed by atoms with E-state index in [1.54, 1.807) is 4.90 Å². The molecule has 0 unspecified atom stereocenters. The Bertz CT molecular complexity index is 552. The Kier molecular flexibility index (Phi) is 3.82. The van der Waals surface area contributed by atoms with Gasteiger partial charge in [-0.25, -0.2) is 0 Å². The number of benzene rings is 1. The van der Waals surface area contributed by atoms with Crippen LogP contribution in [-0.4, -0.2) is 38.6 Å². The standard InChI is InChI=1S/C16H20N2O3/c1-21-16(20)12-9-15(19)18(11-12)14-6-4-5-13(10-14)17-7-2-3-8-17/h4-6,10,12H,2-3,7-9,11H2,1H3/t12-/m1/s1. The van der Waals surface area contributed by atoms with E-state index in [-0.39, 0.29) is 24.2 Å². The summed E-state index contributed by atoms with van der Waals surface area (Å²) in [7, 11) is 1.36. The quantitative estimate of drug-likeness (QED) is 0.796. The maximum Gasteiger partial charge on any atom is 0.311 e. The van der Waals surface area contributed by atoms with Gasteiger partial charge in [0.1, 0.15) is 0 Å². The molecule has 5 nitrogen and oxygen atoms in total. The van der Waals surface area contributed by atoms with Crippen LogP contribution < -0.4 is 9.80 Å². The van der Waals surface area contributed by atoms with E-state index in [0.717, 1.165) is 24.5 Å². The zero-order chi connectivity index (χ0) is 14.8. The number of hydrogen-bond donors (Lipinski definition) is 0. The van der Waals surface area contributed by atoms with Crippen molar-refractivity contribution in [1.82, 2.24) is 0 Å². The molecule has 1 aromatic carbocycles. The Morgan fingerprint density at radius 1 is 1.24 bits per heavy atom. The van der Waals surface area contributed by atoms with Crippen LogP contribution in [0.15, 0.2) is 24.3 Å². The fourth-order valence-corrected chi connectivity index (χ4v) is 3.11. The van der Waals surface area contributed by atoms with Gasteiger partial charge in [0.15, 0.2) is 0 Å². The number of esters is 1. The molecule has 0 aromatic heterocycles. The predicted molar refractivity (Wildman–Crippen MR) is 80.4 cm³/mol. The third kappa shape index (κ3) is 2.73. The van der Waals surface area contributed by atoms with E-state index in [0.29, 0.717) is 6.54 Å². The van der Waals surface area contributed by atoms with Crippen molar-refractivity contribution >= 4 is 23.3 Å². The van der Waals surface area contributed by atoms with Crippen LogP contribution in [0.5, 0.6) is 0 Å². The summed E-state index contributed by atoms with van der Waals surface area (Å²) in [5.41, 5.74) is 2.02. The molecule has 2 saturated heterocycles. The second-order valence-corrected chi connectivity index (χ2v) is 5.64.